The van der Waals surface area contributed by atoms with Crippen molar-refractivity contribution in [3.05, 3.63) is 70.7 Å². The molecule has 0 radical (unpaired) electrons. The number of aromatic nitrogens is 1. The largest absolute Gasteiger partial charge is 0.481 e. The van der Waals surface area contributed by atoms with Gasteiger partial charge in [0.2, 0.25) is 0 Å². The zero-order chi connectivity index (χ0) is 18.5. The van der Waals surface area contributed by atoms with Gasteiger partial charge in [0.15, 0.2) is 6.10 Å². The monoisotopic (exact) mass is 366 g/mol. The molecule has 4 nitrogen and oxygen atoms in total. The minimum atomic E-state index is -0.566. The van der Waals surface area contributed by atoms with Gasteiger partial charge in [-0.05, 0) is 44.0 Å². The van der Waals surface area contributed by atoms with Crippen molar-refractivity contribution in [1.82, 2.24) is 10.3 Å². The van der Waals surface area contributed by atoms with Gasteiger partial charge in [0.1, 0.15) is 10.8 Å². The Kier molecular flexibility index (Phi) is 5.68. The highest BCUT2D eigenvalue weighted by Crippen LogP contribution is 2.23. The molecule has 5 heteroatoms. The number of nitrogens with zero attached hydrogens (tertiary/aromatic N) is 1. The first-order chi connectivity index (χ1) is 12.5. The van der Waals surface area contributed by atoms with Crippen LogP contribution in [0.1, 0.15) is 23.7 Å². The zero-order valence-electron chi connectivity index (χ0n) is 15.2. The van der Waals surface area contributed by atoms with E-state index in [0.717, 1.165) is 27.4 Å². The van der Waals surface area contributed by atoms with E-state index in [-0.39, 0.29) is 5.91 Å². The molecule has 0 bridgehead atoms. The molecule has 0 aliphatic rings. The minimum Gasteiger partial charge on any atom is -0.481 e. The molecule has 1 atom stereocenters. The summed E-state index contributed by atoms with van der Waals surface area (Å²) in [5.41, 5.74) is 4.16. The van der Waals surface area contributed by atoms with Crippen LogP contribution in [0.5, 0.6) is 5.75 Å². The van der Waals surface area contributed by atoms with Crippen LogP contribution in [0.4, 0.5) is 0 Å². The van der Waals surface area contributed by atoms with Crippen LogP contribution in [0.2, 0.25) is 0 Å². The third-order valence-electron chi connectivity index (χ3n) is 3.89. The summed E-state index contributed by atoms with van der Waals surface area (Å²) in [5.74, 6) is 0.559. The number of hydrogen-bond acceptors (Lipinski definition) is 4. The highest BCUT2D eigenvalue weighted by molar-refractivity contribution is 7.13. The summed E-state index contributed by atoms with van der Waals surface area (Å²) in [4.78, 5) is 16.9. The summed E-state index contributed by atoms with van der Waals surface area (Å²) in [6.07, 6.45) is -0.566. The van der Waals surface area contributed by atoms with E-state index in [1.807, 2.05) is 61.7 Å². The molecule has 1 heterocycles. The van der Waals surface area contributed by atoms with Crippen molar-refractivity contribution < 1.29 is 9.53 Å². The third-order valence-corrected chi connectivity index (χ3v) is 4.83. The molecule has 1 N–H and O–H groups in total. The fourth-order valence-corrected chi connectivity index (χ4v) is 3.51. The Morgan fingerprint density at radius 1 is 1.15 bits per heavy atom. The van der Waals surface area contributed by atoms with Crippen LogP contribution in [-0.4, -0.2) is 17.0 Å². The molecule has 134 valence electrons. The molecule has 0 saturated carbocycles. The third kappa shape index (κ3) is 4.70. The summed E-state index contributed by atoms with van der Waals surface area (Å²) < 4.78 is 5.77. The topological polar surface area (TPSA) is 51.2 Å². The zero-order valence-corrected chi connectivity index (χ0v) is 16.0. The van der Waals surface area contributed by atoms with E-state index in [1.54, 1.807) is 18.3 Å². The molecule has 0 spiro atoms. The first-order valence-electron chi connectivity index (χ1n) is 8.54. The number of rotatable bonds is 6. The predicted octanol–water partition coefficient (Wildman–Crippen LogP) is 4.51. The quantitative estimate of drug-likeness (QED) is 0.698. The number of carbonyl (C=O) groups is 1. The summed E-state index contributed by atoms with van der Waals surface area (Å²) in [7, 11) is 0. The second-order valence-corrected chi connectivity index (χ2v) is 7.17. The number of benzene rings is 2. The number of carbonyl (C=O) groups excluding carboxylic acids is 1. The molecule has 0 aliphatic carbocycles. The van der Waals surface area contributed by atoms with E-state index in [2.05, 4.69) is 16.4 Å². The first kappa shape index (κ1) is 18.1. The van der Waals surface area contributed by atoms with Gasteiger partial charge >= 0.3 is 0 Å². The van der Waals surface area contributed by atoms with Crippen LogP contribution in [0.3, 0.4) is 0 Å². The Bertz CT molecular complexity index is 870. The molecule has 0 saturated heterocycles. The van der Waals surface area contributed by atoms with Gasteiger partial charge in [-0.3, -0.25) is 4.79 Å². The van der Waals surface area contributed by atoms with E-state index in [9.17, 15) is 4.79 Å². The van der Waals surface area contributed by atoms with Crippen molar-refractivity contribution in [2.75, 3.05) is 0 Å². The van der Waals surface area contributed by atoms with Gasteiger partial charge in [-0.15, -0.1) is 11.3 Å². The Morgan fingerprint density at radius 3 is 2.54 bits per heavy atom. The maximum absolute atomic E-state index is 12.3. The Balaban J connectivity index is 1.56. The van der Waals surface area contributed by atoms with Gasteiger partial charge in [0, 0.05) is 10.9 Å². The molecule has 1 amide bonds. The number of nitrogens with one attached hydrogen (secondary N) is 1. The lowest BCUT2D eigenvalue weighted by atomic mass is 10.1. The summed E-state index contributed by atoms with van der Waals surface area (Å²) >= 11 is 1.57. The fraction of sp³-hybridized carbons (Fsp3) is 0.238. The Labute approximate surface area is 157 Å². The lowest BCUT2D eigenvalue weighted by molar-refractivity contribution is -0.127. The van der Waals surface area contributed by atoms with E-state index in [4.69, 9.17) is 4.74 Å². The smallest absolute Gasteiger partial charge is 0.261 e. The van der Waals surface area contributed by atoms with Crippen LogP contribution >= 0.6 is 11.3 Å². The maximum Gasteiger partial charge on any atom is 0.261 e. The summed E-state index contributed by atoms with van der Waals surface area (Å²) in [5, 5.41) is 5.82. The molecule has 0 fully saturated rings. The second-order valence-electron chi connectivity index (χ2n) is 6.31. The molecular formula is C21H22N2O2S. The lowest BCUT2D eigenvalue weighted by Crippen LogP contribution is -2.36. The number of amides is 1. The molecule has 1 aromatic heterocycles. The number of aryl methyl sites for hydroxylation is 2. The molecule has 26 heavy (non-hydrogen) atoms. The SMILES string of the molecule is Cc1cc(C)cc(O[C@H](C)C(=O)NCc2csc(-c3ccccc3)n2)c1. The molecule has 0 unspecified atom stereocenters. The standard InChI is InChI=1S/C21H22N2O2S/c1-14-9-15(2)11-19(10-14)25-16(3)20(24)22-12-18-13-26-21(23-18)17-7-5-4-6-8-17/h4-11,13,16H,12H2,1-3H3,(H,22,24)/t16-/m1/s1. The van der Waals surface area contributed by atoms with Gasteiger partial charge in [0.05, 0.1) is 12.2 Å². The molecular weight excluding hydrogens is 344 g/mol. The van der Waals surface area contributed by atoms with Gasteiger partial charge in [-0.25, -0.2) is 4.98 Å². The van der Waals surface area contributed by atoms with E-state index < -0.39 is 6.10 Å². The fourth-order valence-electron chi connectivity index (χ4n) is 2.68. The van der Waals surface area contributed by atoms with Crippen LogP contribution in [0, 0.1) is 13.8 Å². The first-order valence-corrected chi connectivity index (χ1v) is 9.42. The van der Waals surface area contributed by atoms with Gasteiger partial charge in [-0.2, -0.15) is 0 Å². The number of hydrogen-bond donors (Lipinski definition) is 1. The van der Waals surface area contributed by atoms with Crippen molar-refractivity contribution in [1.29, 1.82) is 0 Å². The minimum absolute atomic E-state index is 0.154. The predicted molar refractivity (Wildman–Crippen MR) is 105 cm³/mol. The van der Waals surface area contributed by atoms with Crippen molar-refractivity contribution >= 4 is 17.2 Å². The summed E-state index contributed by atoms with van der Waals surface area (Å²) in [6.45, 7) is 6.17. The van der Waals surface area contributed by atoms with Crippen molar-refractivity contribution in [3.63, 3.8) is 0 Å². The average Bonchev–Trinajstić information content (AvgIpc) is 3.08. The van der Waals surface area contributed by atoms with Crippen LogP contribution in [-0.2, 0) is 11.3 Å². The normalized spacial score (nSPS) is 11.8. The van der Waals surface area contributed by atoms with Crippen molar-refractivity contribution in [3.8, 4) is 16.3 Å². The molecule has 3 rings (SSSR count). The molecule has 3 aromatic rings. The molecule has 2 aromatic carbocycles. The Hall–Kier alpha value is -2.66. The Morgan fingerprint density at radius 2 is 1.85 bits per heavy atom. The highest BCUT2D eigenvalue weighted by Gasteiger charge is 2.15. The highest BCUT2D eigenvalue weighted by atomic mass is 32.1. The average molecular weight is 366 g/mol. The van der Waals surface area contributed by atoms with Crippen LogP contribution in [0.15, 0.2) is 53.9 Å². The van der Waals surface area contributed by atoms with E-state index in [0.29, 0.717) is 12.3 Å². The van der Waals surface area contributed by atoms with Gasteiger partial charge in [-0.1, -0.05) is 36.4 Å². The van der Waals surface area contributed by atoms with Crippen LogP contribution in [0.25, 0.3) is 10.6 Å². The van der Waals surface area contributed by atoms with E-state index >= 15 is 0 Å². The van der Waals surface area contributed by atoms with Gasteiger partial charge < -0.3 is 10.1 Å². The summed E-state index contributed by atoms with van der Waals surface area (Å²) in [6, 6.07) is 16.0. The van der Waals surface area contributed by atoms with Crippen molar-refractivity contribution in [2.24, 2.45) is 0 Å². The lowest BCUT2D eigenvalue weighted by Gasteiger charge is -2.15. The number of ether oxygens (including phenoxy) is 1. The molecule has 0 aliphatic heterocycles. The second kappa shape index (κ2) is 8.15. The van der Waals surface area contributed by atoms with Crippen LogP contribution < -0.4 is 10.1 Å². The van der Waals surface area contributed by atoms with E-state index in [1.165, 1.54) is 0 Å². The van der Waals surface area contributed by atoms with Gasteiger partial charge in [0.25, 0.3) is 5.91 Å². The maximum atomic E-state index is 12.3. The van der Waals surface area contributed by atoms with Crippen molar-refractivity contribution in [2.45, 2.75) is 33.4 Å². The number of thiazole rings is 1.